The normalized spacial score (nSPS) is 13.2. The molecule has 3 aromatic rings. The highest BCUT2D eigenvalue weighted by Gasteiger charge is 2.28. The van der Waals surface area contributed by atoms with Crippen molar-refractivity contribution in [2.75, 3.05) is 13.1 Å². The molecule has 0 radical (unpaired) electrons. The number of hydrogen-bond acceptors (Lipinski definition) is 5. The molecular weight excluding hydrogens is 447 g/mol. The summed E-state index contributed by atoms with van der Waals surface area (Å²) >= 11 is 12.7. The van der Waals surface area contributed by atoms with Gasteiger partial charge in [-0.2, -0.15) is 0 Å². The Balaban J connectivity index is 1.59. The summed E-state index contributed by atoms with van der Waals surface area (Å²) in [6, 6.07) is 4.69. The second-order valence-corrected chi connectivity index (χ2v) is 7.77. The second-order valence-electron chi connectivity index (χ2n) is 6.99. The Morgan fingerprint density at radius 1 is 1.26 bits per heavy atom. The van der Waals surface area contributed by atoms with Crippen LogP contribution >= 0.6 is 23.2 Å². The van der Waals surface area contributed by atoms with Crippen molar-refractivity contribution < 1.29 is 24.6 Å². The molecule has 9 nitrogen and oxygen atoms in total. The van der Waals surface area contributed by atoms with Crippen molar-refractivity contribution in [2.45, 2.75) is 13.0 Å². The number of carboxylic acid groups (broad SMARTS) is 1. The third-order valence-corrected chi connectivity index (χ3v) is 5.72. The van der Waals surface area contributed by atoms with Gasteiger partial charge in [-0.3, -0.25) is 14.4 Å². The third-order valence-electron chi connectivity index (χ3n) is 5.00. The highest BCUT2D eigenvalue weighted by Crippen LogP contribution is 2.35. The van der Waals surface area contributed by atoms with E-state index in [-0.39, 0.29) is 45.2 Å². The minimum Gasteiger partial charge on any atom is -0.504 e. The minimum atomic E-state index is -1.19. The van der Waals surface area contributed by atoms with Crippen molar-refractivity contribution in [3.63, 3.8) is 0 Å². The summed E-state index contributed by atoms with van der Waals surface area (Å²) in [6.07, 6.45) is 3.61. The van der Waals surface area contributed by atoms with Crippen LogP contribution in [0.1, 0.15) is 32.0 Å². The zero-order valence-electron chi connectivity index (χ0n) is 15.9. The van der Waals surface area contributed by atoms with E-state index in [9.17, 15) is 19.5 Å². The Morgan fingerprint density at radius 3 is 2.74 bits per heavy atom. The lowest BCUT2D eigenvalue weighted by molar-refractivity contribution is -0.135. The van der Waals surface area contributed by atoms with E-state index in [2.05, 4.69) is 10.3 Å². The number of rotatable bonds is 4. The van der Waals surface area contributed by atoms with Gasteiger partial charge in [-0.15, -0.1) is 0 Å². The van der Waals surface area contributed by atoms with E-state index in [1.807, 2.05) is 0 Å². The number of nitrogens with zero attached hydrogens (tertiary/aromatic N) is 3. The van der Waals surface area contributed by atoms with Crippen LogP contribution in [0.25, 0.3) is 5.65 Å². The molecule has 3 N–H and O–H groups in total. The quantitative estimate of drug-likeness (QED) is 0.546. The van der Waals surface area contributed by atoms with Crippen LogP contribution in [-0.4, -0.2) is 55.4 Å². The SMILES string of the molecule is O=C(O)CNC(=O)c1c(Cl)cc2c(c1Cl)CCN(C(=O)c1cn3cccc(O)c3n1)C2. The second kappa shape index (κ2) is 8.09. The van der Waals surface area contributed by atoms with Gasteiger partial charge in [-0.1, -0.05) is 23.2 Å². The molecule has 0 atom stereocenters. The van der Waals surface area contributed by atoms with E-state index in [1.165, 1.54) is 6.07 Å². The summed E-state index contributed by atoms with van der Waals surface area (Å²) in [5, 5.41) is 21.1. The van der Waals surface area contributed by atoms with Crippen molar-refractivity contribution in [2.24, 2.45) is 0 Å². The average Bonchev–Trinajstić information content (AvgIpc) is 3.17. The lowest BCUT2D eigenvalue weighted by Crippen LogP contribution is -2.37. The molecule has 1 aliphatic heterocycles. The van der Waals surface area contributed by atoms with Crippen LogP contribution < -0.4 is 5.32 Å². The Hall–Kier alpha value is -3.30. The van der Waals surface area contributed by atoms with Crippen LogP contribution in [0.15, 0.2) is 30.6 Å². The van der Waals surface area contributed by atoms with Gasteiger partial charge in [0.05, 0.1) is 15.6 Å². The highest BCUT2D eigenvalue weighted by atomic mass is 35.5. The van der Waals surface area contributed by atoms with Crippen LogP contribution in [0.4, 0.5) is 0 Å². The first-order valence-electron chi connectivity index (χ1n) is 9.22. The minimum absolute atomic E-state index is 0.0129. The van der Waals surface area contributed by atoms with Gasteiger partial charge in [0, 0.05) is 25.5 Å². The molecule has 1 aromatic carbocycles. The van der Waals surface area contributed by atoms with E-state index in [4.69, 9.17) is 28.3 Å². The Morgan fingerprint density at radius 2 is 2.03 bits per heavy atom. The Bertz CT molecular complexity index is 1240. The number of aromatic nitrogens is 2. The number of amides is 2. The summed E-state index contributed by atoms with van der Waals surface area (Å²) in [6.45, 7) is -0.00681. The lowest BCUT2D eigenvalue weighted by Gasteiger charge is -2.29. The highest BCUT2D eigenvalue weighted by molar-refractivity contribution is 6.40. The van der Waals surface area contributed by atoms with Gasteiger partial charge in [0.15, 0.2) is 11.4 Å². The molecule has 11 heteroatoms. The summed E-state index contributed by atoms with van der Waals surface area (Å²) in [4.78, 5) is 41.8. The fraction of sp³-hybridized carbons (Fsp3) is 0.200. The maximum Gasteiger partial charge on any atom is 0.322 e. The maximum absolute atomic E-state index is 13.0. The maximum atomic E-state index is 13.0. The first-order valence-corrected chi connectivity index (χ1v) is 9.97. The fourth-order valence-electron chi connectivity index (χ4n) is 3.54. The number of pyridine rings is 1. The molecule has 0 unspecified atom stereocenters. The van der Waals surface area contributed by atoms with Gasteiger partial charge in [0.2, 0.25) is 0 Å². The van der Waals surface area contributed by atoms with Crippen LogP contribution in [0.5, 0.6) is 5.75 Å². The van der Waals surface area contributed by atoms with Gasteiger partial charge in [0.25, 0.3) is 11.8 Å². The van der Waals surface area contributed by atoms with Crippen molar-refractivity contribution in [1.82, 2.24) is 19.6 Å². The van der Waals surface area contributed by atoms with E-state index in [0.29, 0.717) is 24.1 Å². The van der Waals surface area contributed by atoms with Crippen molar-refractivity contribution in [3.8, 4) is 5.75 Å². The topological polar surface area (TPSA) is 124 Å². The number of aliphatic carboxylic acids is 1. The van der Waals surface area contributed by atoms with Crippen LogP contribution in [0.2, 0.25) is 10.0 Å². The number of hydrogen-bond donors (Lipinski definition) is 3. The molecule has 2 aromatic heterocycles. The zero-order valence-corrected chi connectivity index (χ0v) is 17.4. The summed E-state index contributed by atoms with van der Waals surface area (Å²) in [5.74, 6) is -2.21. The Kier molecular flexibility index (Phi) is 5.47. The molecule has 160 valence electrons. The van der Waals surface area contributed by atoms with Crippen molar-refractivity contribution >= 4 is 46.6 Å². The lowest BCUT2D eigenvalue weighted by atomic mass is 9.96. The molecule has 0 spiro atoms. The van der Waals surface area contributed by atoms with E-state index in [0.717, 1.165) is 0 Å². The number of halogens is 2. The van der Waals surface area contributed by atoms with Gasteiger partial charge in [0.1, 0.15) is 12.2 Å². The number of carboxylic acids is 1. The predicted molar refractivity (Wildman–Crippen MR) is 112 cm³/mol. The van der Waals surface area contributed by atoms with Gasteiger partial charge in [-0.05, 0) is 35.7 Å². The molecule has 0 bridgehead atoms. The number of fused-ring (bicyclic) bond motifs is 2. The van der Waals surface area contributed by atoms with Gasteiger partial charge >= 0.3 is 5.97 Å². The molecule has 0 aliphatic carbocycles. The first-order chi connectivity index (χ1) is 14.8. The first kappa shape index (κ1) is 21.0. The molecule has 1 aliphatic rings. The molecular formula is C20H16Cl2N4O5. The molecule has 0 saturated carbocycles. The third kappa shape index (κ3) is 3.89. The smallest absolute Gasteiger partial charge is 0.322 e. The van der Waals surface area contributed by atoms with E-state index >= 15 is 0 Å². The number of imidazole rings is 1. The largest absolute Gasteiger partial charge is 0.504 e. The molecule has 31 heavy (non-hydrogen) atoms. The molecule has 2 amide bonds. The summed E-state index contributed by atoms with van der Waals surface area (Å²) in [7, 11) is 0. The number of nitrogens with one attached hydrogen (secondary N) is 1. The number of aromatic hydroxyl groups is 1. The average molecular weight is 463 g/mol. The van der Waals surface area contributed by atoms with E-state index in [1.54, 1.807) is 33.8 Å². The monoisotopic (exact) mass is 462 g/mol. The van der Waals surface area contributed by atoms with Crippen molar-refractivity contribution in [3.05, 3.63) is 63.0 Å². The fourth-order valence-corrected chi connectivity index (χ4v) is 4.30. The molecule has 3 heterocycles. The summed E-state index contributed by atoms with van der Waals surface area (Å²) < 4.78 is 1.57. The molecule has 0 saturated heterocycles. The van der Waals surface area contributed by atoms with Gasteiger partial charge < -0.3 is 24.8 Å². The zero-order chi connectivity index (χ0) is 22.3. The number of carbonyl (C=O) groups excluding carboxylic acids is 2. The standard InChI is InChI=1S/C20H16Cl2N4O5/c21-12-6-10-8-26(20(31)13-9-25-4-1-2-14(27)18(25)24-13)5-3-11(10)17(22)16(12)19(30)23-7-15(28)29/h1-2,4,6,9,27H,3,5,7-8H2,(H,23,30)(H,28,29). The summed E-state index contributed by atoms with van der Waals surface area (Å²) in [5.41, 5.74) is 1.86. The molecule has 4 rings (SSSR count). The van der Waals surface area contributed by atoms with Crippen molar-refractivity contribution in [1.29, 1.82) is 0 Å². The van der Waals surface area contributed by atoms with Crippen LogP contribution in [0, 0.1) is 0 Å². The number of carbonyl (C=O) groups is 3. The van der Waals surface area contributed by atoms with Gasteiger partial charge in [-0.25, -0.2) is 4.98 Å². The Labute approximate surface area is 185 Å². The number of benzene rings is 1. The van der Waals surface area contributed by atoms with Crippen LogP contribution in [0.3, 0.4) is 0 Å². The molecule has 0 fully saturated rings. The van der Waals surface area contributed by atoms with E-state index < -0.39 is 18.4 Å². The predicted octanol–water partition coefficient (Wildman–Crippen LogP) is 2.36. The van der Waals surface area contributed by atoms with Crippen LogP contribution in [-0.2, 0) is 17.8 Å².